The summed E-state index contributed by atoms with van der Waals surface area (Å²) >= 11 is 1.37. The van der Waals surface area contributed by atoms with Crippen molar-refractivity contribution in [2.45, 2.75) is 35.8 Å². The number of halogens is 3. The summed E-state index contributed by atoms with van der Waals surface area (Å²) in [5.41, 5.74) is 5.35. The normalized spacial score (nSPS) is 17.7. The summed E-state index contributed by atoms with van der Waals surface area (Å²) in [7, 11) is 0. The molecule has 2 rings (SSSR count). The standard InChI is InChI=1S/C12H15F3N2OS/c13-12(14,15)10-2-1-8(7-16)11(17-10)19-9-3-5-18-6-4-9/h1-2,9H,3-7,16H2. The highest BCUT2D eigenvalue weighted by atomic mass is 32.2. The van der Waals surface area contributed by atoms with Gasteiger partial charge in [0.05, 0.1) is 0 Å². The second kappa shape index (κ2) is 6.11. The fourth-order valence-electron chi connectivity index (χ4n) is 1.84. The van der Waals surface area contributed by atoms with Crippen molar-refractivity contribution in [2.75, 3.05) is 13.2 Å². The Bertz CT molecular complexity index is 433. The van der Waals surface area contributed by atoms with Gasteiger partial charge >= 0.3 is 6.18 Å². The smallest absolute Gasteiger partial charge is 0.381 e. The molecule has 1 aliphatic rings. The van der Waals surface area contributed by atoms with Gasteiger partial charge in [0.1, 0.15) is 10.7 Å². The molecule has 1 fully saturated rings. The molecule has 1 saturated heterocycles. The van der Waals surface area contributed by atoms with Crippen LogP contribution in [0.3, 0.4) is 0 Å². The molecule has 2 heterocycles. The maximum absolute atomic E-state index is 12.7. The molecule has 1 aromatic rings. The zero-order chi connectivity index (χ0) is 13.9. The number of nitrogens with zero attached hydrogens (tertiary/aromatic N) is 1. The number of rotatable bonds is 3. The van der Waals surface area contributed by atoms with Crippen molar-refractivity contribution in [3.8, 4) is 0 Å². The van der Waals surface area contributed by atoms with E-state index in [1.165, 1.54) is 17.8 Å². The lowest BCUT2D eigenvalue weighted by Crippen LogP contribution is -2.18. The van der Waals surface area contributed by atoms with Gasteiger partial charge in [-0.2, -0.15) is 13.2 Å². The number of nitrogens with two attached hydrogens (primary N) is 1. The van der Waals surface area contributed by atoms with Gasteiger partial charge in [-0.1, -0.05) is 6.07 Å². The highest BCUT2D eigenvalue weighted by Gasteiger charge is 2.33. The molecular formula is C12H15F3N2OS. The van der Waals surface area contributed by atoms with E-state index in [2.05, 4.69) is 4.98 Å². The quantitative estimate of drug-likeness (QED) is 0.930. The molecule has 0 aromatic carbocycles. The summed E-state index contributed by atoms with van der Waals surface area (Å²) in [4.78, 5) is 3.73. The summed E-state index contributed by atoms with van der Waals surface area (Å²) in [6.45, 7) is 1.49. The Morgan fingerprint density at radius 3 is 2.58 bits per heavy atom. The molecule has 0 saturated carbocycles. The average Bonchev–Trinajstić information content (AvgIpc) is 2.39. The third kappa shape index (κ3) is 3.84. The topological polar surface area (TPSA) is 48.1 Å². The van der Waals surface area contributed by atoms with Crippen molar-refractivity contribution in [1.82, 2.24) is 4.98 Å². The number of alkyl halides is 3. The van der Waals surface area contributed by atoms with E-state index in [-0.39, 0.29) is 11.8 Å². The van der Waals surface area contributed by atoms with Gasteiger partial charge in [0, 0.05) is 25.0 Å². The molecule has 0 amide bonds. The third-order valence-electron chi connectivity index (χ3n) is 2.90. The van der Waals surface area contributed by atoms with E-state index < -0.39 is 11.9 Å². The zero-order valence-corrected chi connectivity index (χ0v) is 11.1. The van der Waals surface area contributed by atoms with Crippen LogP contribution in [0, 0.1) is 0 Å². The number of hydrogen-bond acceptors (Lipinski definition) is 4. The van der Waals surface area contributed by atoms with Crippen LogP contribution in [0.1, 0.15) is 24.1 Å². The maximum atomic E-state index is 12.7. The Morgan fingerprint density at radius 2 is 2.00 bits per heavy atom. The Labute approximate surface area is 113 Å². The van der Waals surface area contributed by atoms with E-state index in [0.717, 1.165) is 18.9 Å². The largest absolute Gasteiger partial charge is 0.433 e. The number of pyridine rings is 1. The summed E-state index contributed by atoms with van der Waals surface area (Å²) in [5, 5.41) is 0.638. The van der Waals surface area contributed by atoms with Gasteiger partial charge in [-0.05, 0) is 24.5 Å². The van der Waals surface area contributed by atoms with Crippen LogP contribution in [0.5, 0.6) is 0 Å². The minimum atomic E-state index is -4.42. The van der Waals surface area contributed by atoms with Crippen LogP contribution in [-0.2, 0) is 17.5 Å². The lowest BCUT2D eigenvalue weighted by Gasteiger charge is -2.22. The first-order valence-corrected chi connectivity index (χ1v) is 6.90. The lowest BCUT2D eigenvalue weighted by molar-refractivity contribution is -0.141. The maximum Gasteiger partial charge on any atom is 0.433 e. The number of thioether (sulfide) groups is 1. The van der Waals surface area contributed by atoms with Gasteiger partial charge in [-0.3, -0.25) is 0 Å². The predicted octanol–water partition coefficient (Wildman–Crippen LogP) is 2.83. The van der Waals surface area contributed by atoms with Gasteiger partial charge in [0.2, 0.25) is 0 Å². The highest BCUT2D eigenvalue weighted by molar-refractivity contribution is 7.99. The van der Waals surface area contributed by atoms with Crippen LogP contribution in [0.25, 0.3) is 0 Å². The van der Waals surface area contributed by atoms with Gasteiger partial charge < -0.3 is 10.5 Å². The lowest BCUT2D eigenvalue weighted by atomic mass is 10.2. The molecular weight excluding hydrogens is 277 g/mol. The molecule has 0 bridgehead atoms. The molecule has 2 N–H and O–H groups in total. The van der Waals surface area contributed by atoms with E-state index in [4.69, 9.17) is 10.5 Å². The Balaban J connectivity index is 2.20. The van der Waals surface area contributed by atoms with Crippen molar-refractivity contribution in [3.63, 3.8) is 0 Å². The molecule has 0 spiro atoms. The molecule has 3 nitrogen and oxygen atoms in total. The minimum absolute atomic E-state index is 0.191. The second-order valence-electron chi connectivity index (χ2n) is 4.29. The first-order chi connectivity index (χ1) is 9.00. The summed E-state index contributed by atoms with van der Waals surface area (Å²) < 4.78 is 43.2. The third-order valence-corrected chi connectivity index (χ3v) is 4.28. The van der Waals surface area contributed by atoms with Gasteiger partial charge in [0.15, 0.2) is 0 Å². The summed E-state index contributed by atoms with van der Waals surface area (Å²) in [5.74, 6) is 0. The number of ether oxygens (including phenoxy) is 1. The van der Waals surface area contributed by atoms with Gasteiger partial charge in [0.25, 0.3) is 0 Å². The monoisotopic (exact) mass is 292 g/mol. The van der Waals surface area contributed by atoms with Gasteiger partial charge in [-0.15, -0.1) is 11.8 Å². The minimum Gasteiger partial charge on any atom is -0.381 e. The van der Waals surface area contributed by atoms with Crippen LogP contribution < -0.4 is 5.73 Å². The number of aromatic nitrogens is 1. The SMILES string of the molecule is NCc1ccc(C(F)(F)F)nc1SC1CCOCC1. The Kier molecular flexibility index (Phi) is 4.70. The highest BCUT2D eigenvalue weighted by Crippen LogP contribution is 2.34. The van der Waals surface area contributed by atoms with E-state index in [1.807, 2.05) is 0 Å². The Hall–Kier alpha value is -0.790. The molecule has 0 atom stereocenters. The van der Waals surface area contributed by atoms with Crippen LogP contribution in [0.2, 0.25) is 0 Å². The molecule has 19 heavy (non-hydrogen) atoms. The first kappa shape index (κ1) is 14.6. The fourth-order valence-corrected chi connectivity index (χ4v) is 3.03. The predicted molar refractivity (Wildman–Crippen MR) is 66.8 cm³/mol. The van der Waals surface area contributed by atoms with E-state index in [0.29, 0.717) is 23.8 Å². The summed E-state index contributed by atoms with van der Waals surface area (Å²) in [6.07, 6.45) is -2.77. The number of hydrogen-bond donors (Lipinski definition) is 1. The van der Waals surface area contributed by atoms with Crippen LogP contribution in [0.4, 0.5) is 13.2 Å². The molecule has 106 valence electrons. The van der Waals surface area contributed by atoms with Crippen molar-refractivity contribution in [3.05, 3.63) is 23.4 Å². The fraction of sp³-hybridized carbons (Fsp3) is 0.583. The Morgan fingerprint density at radius 1 is 1.32 bits per heavy atom. The van der Waals surface area contributed by atoms with Crippen molar-refractivity contribution >= 4 is 11.8 Å². The molecule has 0 radical (unpaired) electrons. The van der Waals surface area contributed by atoms with Crippen molar-refractivity contribution < 1.29 is 17.9 Å². The molecule has 1 aromatic heterocycles. The van der Waals surface area contributed by atoms with Crippen molar-refractivity contribution in [1.29, 1.82) is 0 Å². The average molecular weight is 292 g/mol. The van der Waals surface area contributed by atoms with E-state index in [1.54, 1.807) is 0 Å². The second-order valence-corrected chi connectivity index (χ2v) is 5.58. The first-order valence-electron chi connectivity index (χ1n) is 6.02. The van der Waals surface area contributed by atoms with E-state index >= 15 is 0 Å². The molecule has 1 aliphatic heterocycles. The van der Waals surface area contributed by atoms with Gasteiger partial charge in [-0.25, -0.2) is 4.98 Å². The molecule has 0 unspecified atom stereocenters. The zero-order valence-electron chi connectivity index (χ0n) is 10.2. The van der Waals surface area contributed by atoms with Crippen molar-refractivity contribution in [2.24, 2.45) is 5.73 Å². The summed E-state index contributed by atoms with van der Waals surface area (Å²) in [6, 6.07) is 2.40. The van der Waals surface area contributed by atoms with Crippen LogP contribution >= 0.6 is 11.8 Å². The van der Waals surface area contributed by atoms with E-state index in [9.17, 15) is 13.2 Å². The molecule has 0 aliphatic carbocycles. The van der Waals surface area contributed by atoms with Crippen LogP contribution in [0.15, 0.2) is 17.2 Å². The van der Waals surface area contributed by atoms with Crippen LogP contribution in [-0.4, -0.2) is 23.4 Å². The molecule has 7 heteroatoms.